The Morgan fingerprint density at radius 1 is 1.08 bits per heavy atom. The number of carbonyl (C=O) groups is 1. The number of aryl methyl sites for hydroxylation is 1. The summed E-state index contributed by atoms with van der Waals surface area (Å²) in [5, 5.41) is 2.42. The van der Waals surface area contributed by atoms with Crippen molar-refractivity contribution in [3.63, 3.8) is 0 Å². The molecule has 1 rings (SSSR count). The number of rotatable bonds is 9. The Morgan fingerprint density at radius 2 is 1.67 bits per heavy atom. The fraction of sp³-hybridized carbons (Fsp3) is 0.500. The molecule has 0 fully saturated rings. The topological polar surface area (TPSA) is 121 Å². The smallest absolute Gasteiger partial charge is 0.233 e. The van der Waals surface area contributed by atoms with Crippen LogP contribution in [0.15, 0.2) is 24.3 Å². The first-order chi connectivity index (χ1) is 11.0. The third kappa shape index (κ3) is 7.28. The van der Waals surface area contributed by atoms with Gasteiger partial charge in [0.25, 0.3) is 0 Å². The third-order valence-corrected chi connectivity index (χ3v) is 6.07. The van der Waals surface area contributed by atoms with E-state index in [-0.39, 0.29) is 12.3 Å². The van der Waals surface area contributed by atoms with Gasteiger partial charge in [-0.2, -0.15) is 0 Å². The lowest BCUT2D eigenvalue weighted by Gasteiger charge is -2.14. The maximum Gasteiger partial charge on any atom is 0.233 e. The van der Waals surface area contributed by atoms with E-state index in [1.54, 1.807) is 24.3 Å². The molecule has 1 unspecified atom stereocenters. The van der Waals surface area contributed by atoms with Crippen LogP contribution < -0.4 is 14.8 Å². The quantitative estimate of drug-likeness (QED) is 0.561. The summed E-state index contributed by atoms with van der Waals surface area (Å²) < 4.78 is 51.2. The van der Waals surface area contributed by atoms with Crippen LogP contribution in [0.4, 0.5) is 5.69 Å². The van der Waals surface area contributed by atoms with Gasteiger partial charge in [-0.25, -0.2) is 21.6 Å². The van der Waals surface area contributed by atoms with Gasteiger partial charge in [-0.15, -0.1) is 0 Å². The molecule has 0 aliphatic rings. The highest BCUT2D eigenvalue weighted by Gasteiger charge is 2.21. The van der Waals surface area contributed by atoms with Crippen LogP contribution in [0.25, 0.3) is 0 Å². The lowest BCUT2D eigenvalue weighted by atomic mass is 10.2. The molecule has 0 saturated carbocycles. The van der Waals surface area contributed by atoms with Crippen molar-refractivity contribution in [1.82, 2.24) is 10.0 Å². The summed E-state index contributed by atoms with van der Waals surface area (Å²) >= 11 is 0. The molecular formula is C14H23N3O5S2. The minimum Gasteiger partial charge on any atom is -0.355 e. The van der Waals surface area contributed by atoms with Crippen molar-refractivity contribution in [3.8, 4) is 0 Å². The molecule has 0 heterocycles. The first-order valence-electron chi connectivity index (χ1n) is 7.31. The van der Waals surface area contributed by atoms with Crippen LogP contribution in [0.3, 0.4) is 0 Å². The Balaban J connectivity index is 2.54. The zero-order valence-electron chi connectivity index (χ0n) is 13.9. The molecule has 0 aliphatic carbocycles. The number of hydrogen-bond acceptors (Lipinski definition) is 5. The molecule has 1 amide bonds. The van der Waals surface area contributed by atoms with E-state index in [1.165, 1.54) is 14.0 Å². The van der Waals surface area contributed by atoms with Gasteiger partial charge in [0.15, 0.2) is 0 Å². The highest BCUT2D eigenvalue weighted by Crippen LogP contribution is 2.12. The molecule has 0 radical (unpaired) electrons. The Hall–Kier alpha value is -1.65. The fourth-order valence-corrected chi connectivity index (χ4v) is 3.80. The lowest BCUT2D eigenvalue weighted by Crippen LogP contribution is -2.38. The predicted molar refractivity (Wildman–Crippen MR) is 93.6 cm³/mol. The molecule has 24 heavy (non-hydrogen) atoms. The van der Waals surface area contributed by atoms with Crippen molar-refractivity contribution < 1.29 is 21.6 Å². The van der Waals surface area contributed by atoms with E-state index < -0.39 is 37.6 Å². The number of amides is 1. The van der Waals surface area contributed by atoms with Crippen LogP contribution in [-0.2, 0) is 24.8 Å². The summed E-state index contributed by atoms with van der Waals surface area (Å²) in [5.41, 5.74) is 1.43. The van der Waals surface area contributed by atoms with Crippen molar-refractivity contribution in [2.24, 2.45) is 5.92 Å². The van der Waals surface area contributed by atoms with E-state index in [0.29, 0.717) is 5.69 Å². The molecular weight excluding hydrogens is 354 g/mol. The number of nitrogens with one attached hydrogen (secondary N) is 3. The lowest BCUT2D eigenvalue weighted by molar-refractivity contribution is -0.123. The summed E-state index contributed by atoms with van der Waals surface area (Å²) in [5.74, 6) is -2.00. The van der Waals surface area contributed by atoms with Gasteiger partial charge < -0.3 is 5.32 Å². The summed E-state index contributed by atoms with van der Waals surface area (Å²) in [7, 11) is -5.83. The molecule has 0 saturated heterocycles. The first-order valence-corrected chi connectivity index (χ1v) is 10.6. The van der Waals surface area contributed by atoms with Crippen molar-refractivity contribution in [2.75, 3.05) is 29.8 Å². The molecule has 1 aromatic rings. The van der Waals surface area contributed by atoms with Crippen LogP contribution in [0.2, 0.25) is 0 Å². The van der Waals surface area contributed by atoms with Gasteiger partial charge in [-0.3, -0.25) is 9.52 Å². The minimum absolute atomic E-state index is 0.0855. The normalized spacial score (nSPS) is 13.3. The molecule has 136 valence electrons. The summed E-state index contributed by atoms with van der Waals surface area (Å²) in [6.07, 6.45) is 0. The van der Waals surface area contributed by atoms with E-state index in [4.69, 9.17) is 0 Å². The number of sulfonamides is 2. The number of anilines is 1. The average Bonchev–Trinajstić information content (AvgIpc) is 2.48. The minimum atomic E-state index is -3.69. The fourth-order valence-electron chi connectivity index (χ4n) is 1.83. The summed E-state index contributed by atoms with van der Waals surface area (Å²) in [6.45, 7) is 3.27. The highest BCUT2D eigenvalue weighted by molar-refractivity contribution is 7.92. The van der Waals surface area contributed by atoms with Crippen molar-refractivity contribution in [2.45, 2.75) is 13.8 Å². The van der Waals surface area contributed by atoms with E-state index in [0.717, 1.165) is 5.56 Å². The van der Waals surface area contributed by atoms with Crippen molar-refractivity contribution >= 4 is 31.6 Å². The average molecular weight is 377 g/mol. The van der Waals surface area contributed by atoms with E-state index in [2.05, 4.69) is 14.8 Å². The van der Waals surface area contributed by atoms with Crippen LogP contribution in [0.5, 0.6) is 0 Å². The number of carbonyl (C=O) groups excluding carboxylic acids is 1. The first kappa shape index (κ1) is 20.4. The Labute approximate surface area is 143 Å². The second kappa shape index (κ2) is 8.45. The van der Waals surface area contributed by atoms with Crippen molar-refractivity contribution in [1.29, 1.82) is 0 Å². The third-order valence-electron chi connectivity index (χ3n) is 3.22. The van der Waals surface area contributed by atoms with Crippen LogP contribution >= 0.6 is 0 Å². The molecule has 0 bridgehead atoms. The molecule has 8 nitrogen and oxygen atoms in total. The highest BCUT2D eigenvalue weighted by atomic mass is 32.2. The monoisotopic (exact) mass is 377 g/mol. The molecule has 10 heteroatoms. The zero-order chi connectivity index (χ0) is 18.4. The Kier molecular flexibility index (Phi) is 7.18. The predicted octanol–water partition coefficient (Wildman–Crippen LogP) is 0.0382. The van der Waals surface area contributed by atoms with Gasteiger partial charge in [0.2, 0.25) is 26.0 Å². The summed E-state index contributed by atoms with van der Waals surface area (Å²) in [4.78, 5) is 11.9. The summed E-state index contributed by atoms with van der Waals surface area (Å²) in [6, 6.07) is 6.83. The van der Waals surface area contributed by atoms with E-state index >= 15 is 0 Å². The van der Waals surface area contributed by atoms with Gasteiger partial charge in [0.05, 0.1) is 17.4 Å². The number of hydrogen-bond donors (Lipinski definition) is 3. The molecule has 1 aromatic carbocycles. The number of benzene rings is 1. The van der Waals surface area contributed by atoms with E-state index in [9.17, 15) is 21.6 Å². The van der Waals surface area contributed by atoms with Crippen molar-refractivity contribution in [3.05, 3.63) is 29.8 Å². The second-order valence-electron chi connectivity index (χ2n) is 5.46. The Morgan fingerprint density at radius 3 is 2.21 bits per heavy atom. The standard InChI is InChI=1S/C14H23N3O5S2/c1-11-4-6-13(7-5-11)17-24(21,22)10-12(2)14(18)16-8-9-23(19,20)15-3/h4-7,12,15,17H,8-10H2,1-3H3,(H,16,18). The largest absolute Gasteiger partial charge is 0.355 e. The molecule has 0 spiro atoms. The molecule has 3 N–H and O–H groups in total. The van der Waals surface area contributed by atoms with Gasteiger partial charge >= 0.3 is 0 Å². The zero-order valence-corrected chi connectivity index (χ0v) is 15.5. The van der Waals surface area contributed by atoms with E-state index in [1.807, 2.05) is 6.92 Å². The van der Waals surface area contributed by atoms with Gasteiger partial charge in [-0.1, -0.05) is 24.6 Å². The van der Waals surface area contributed by atoms with Crippen LogP contribution in [0, 0.1) is 12.8 Å². The maximum atomic E-state index is 12.1. The van der Waals surface area contributed by atoms with Gasteiger partial charge in [0, 0.05) is 12.2 Å². The maximum absolute atomic E-state index is 12.1. The van der Waals surface area contributed by atoms with Crippen LogP contribution in [0.1, 0.15) is 12.5 Å². The Bertz CT molecular complexity index is 758. The molecule has 0 aliphatic heterocycles. The molecule has 1 atom stereocenters. The SMILES string of the molecule is CNS(=O)(=O)CCNC(=O)C(C)CS(=O)(=O)Nc1ccc(C)cc1. The second-order valence-corrected chi connectivity index (χ2v) is 9.28. The molecule has 0 aromatic heterocycles. The van der Waals surface area contributed by atoms with Crippen LogP contribution in [-0.4, -0.2) is 47.8 Å². The van der Waals surface area contributed by atoms with Gasteiger partial charge in [0.1, 0.15) is 0 Å². The van der Waals surface area contributed by atoms with Gasteiger partial charge in [-0.05, 0) is 26.1 Å².